The molecule has 19 heavy (non-hydrogen) atoms. The van der Waals surface area contributed by atoms with Crippen LogP contribution in [0.3, 0.4) is 0 Å². The molecule has 4 heteroatoms. The number of carbonyl (C=O) groups excluding carboxylic acids is 1. The zero-order valence-corrected chi connectivity index (χ0v) is 12.7. The van der Waals surface area contributed by atoms with Gasteiger partial charge < -0.3 is 10.6 Å². The molecule has 0 aliphatic carbocycles. The molecule has 1 heterocycles. The van der Waals surface area contributed by atoms with E-state index >= 15 is 0 Å². The van der Waals surface area contributed by atoms with Crippen LogP contribution in [0.1, 0.15) is 46.0 Å². The molecule has 0 aromatic carbocycles. The molecule has 1 fully saturated rings. The first-order chi connectivity index (χ1) is 9.26. The summed E-state index contributed by atoms with van der Waals surface area (Å²) in [5, 5.41) is 6.50. The standard InChI is InChI=1S/C15H31N3O/c1-3-5-9-17-15(19)13-18-10-6-7-14(12-18)11-16-8-4-2/h14,16H,3-13H2,1-2H3,(H,17,19). The van der Waals surface area contributed by atoms with Gasteiger partial charge in [-0.3, -0.25) is 9.69 Å². The van der Waals surface area contributed by atoms with Gasteiger partial charge in [0.1, 0.15) is 0 Å². The number of carbonyl (C=O) groups is 1. The van der Waals surface area contributed by atoms with Gasteiger partial charge in [0.2, 0.25) is 5.91 Å². The van der Waals surface area contributed by atoms with Crippen molar-refractivity contribution in [1.29, 1.82) is 0 Å². The first-order valence-electron chi connectivity index (χ1n) is 7.96. The number of piperidine rings is 1. The third kappa shape index (κ3) is 7.53. The lowest BCUT2D eigenvalue weighted by Crippen LogP contribution is -2.44. The second-order valence-electron chi connectivity index (χ2n) is 5.65. The number of unbranched alkanes of at least 4 members (excludes halogenated alkanes) is 1. The number of amides is 1. The van der Waals surface area contributed by atoms with Gasteiger partial charge in [-0.2, -0.15) is 0 Å². The minimum Gasteiger partial charge on any atom is -0.355 e. The zero-order chi connectivity index (χ0) is 13.9. The molecule has 0 aromatic rings. The average molecular weight is 269 g/mol. The fourth-order valence-electron chi connectivity index (χ4n) is 2.61. The van der Waals surface area contributed by atoms with Gasteiger partial charge in [0.25, 0.3) is 0 Å². The molecule has 1 aliphatic rings. The lowest BCUT2D eigenvalue weighted by molar-refractivity contribution is -0.122. The highest BCUT2D eigenvalue weighted by atomic mass is 16.2. The maximum absolute atomic E-state index is 11.8. The second kappa shape index (κ2) is 10.2. The molecule has 4 nitrogen and oxygen atoms in total. The number of nitrogens with zero attached hydrogens (tertiary/aromatic N) is 1. The van der Waals surface area contributed by atoms with Crippen molar-refractivity contribution in [2.24, 2.45) is 5.92 Å². The molecule has 1 atom stereocenters. The van der Waals surface area contributed by atoms with Crippen molar-refractivity contribution in [2.75, 3.05) is 39.3 Å². The molecule has 2 N–H and O–H groups in total. The molecule has 1 amide bonds. The monoisotopic (exact) mass is 269 g/mol. The summed E-state index contributed by atoms with van der Waals surface area (Å²) in [5.41, 5.74) is 0. The summed E-state index contributed by atoms with van der Waals surface area (Å²) >= 11 is 0. The highest BCUT2D eigenvalue weighted by Crippen LogP contribution is 2.15. The summed E-state index contributed by atoms with van der Waals surface area (Å²) in [6.07, 6.45) is 5.92. The van der Waals surface area contributed by atoms with Gasteiger partial charge in [0.15, 0.2) is 0 Å². The Balaban J connectivity index is 2.16. The quantitative estimate of drug-likeness (QED) is 0.625. The molecule has 1 aliphatic heterocycles. The predicted octanol–water partition coefficient (Wildman–Crippen LogP) is 1.61. The van der Waals surface area contributed by atoms with E-state index in [1.54, 1.807) is 0 Å². The van der Waals surface area contributed by atoms with Crippen LogP contribution in [0.15, 0.2) is 0 Å². The van der Waals surface area contributed by atoms with Crippen LogP contribution in [0.25, 0.3) is 0 Å². The molecule has 1 unspecified atom stereocenters. The largest absolute Gasteiger partial charge is 0.355 e. The van der Waals surface area contributed by atoms with E-state index in [0.29, 0.717) is 12.5 Å². The van der Waals surface area contributed by atoms with Crippen LogP contribution in [0.5, 0.6) is 0 Å². The molecule has 0 bridgehead atoms. The van der Waals surface area contributed by atoms with E-state index in [-0.39, 0.29) is 5.91 Å². The minimum absolute atomic E-state index is 0.190. The van der Waals surface area contributed by atoms with Crippen LogP contribution in [0.2, 0.25) is 0 Å². The molecule has 0 saturated carbocycles. The van der Waals surface area contributed by atoms with Gasteiger partial charge in [-0.25, -0.2) is 0 Å². The number of nitrogens with one attached hydrogen (secondary N) is 2. The Hall–Kier alpha value is -0.610. The van der Waals surface area contributed by atoms with Crippen LogP contribution in [-0.4, -0.2) is 50.1 Å². The van der Waals surface area contributed by atoms with Gasteiger partial charge >= 0.3 is 0 Å². The highest BCUT2D eigenvalue weighted by molar-refractivity contribution is 5.77. The Morgan fingerprint density at radius 2 is 2.11 bits per heavy atom. The topological polar surface area (TPSA) is 44.4 Å². The summed E-state index contributed by atoms with van der Waals surface area (Å²) in [6, 6.07) is 0. The van der Waals surface area contributed by atoms with Crippen molar-refractivity contribution in [3.63, 3.8) is 0 Å². The molecule has 1 rings (SSSR count). The van der Waals surface area contributed by atoms with Crippen molar-refractivity contribution in [1.82, 2.24) is 15.5 Å². The zero-order valence-electron chi connectivity index (χ0n) is 12.7. The van der Waals surface area contributed by atoms with E-state index in [1.165, 1.54) is 19.3 Å². The SMILES string of the molecule is CCCCNC(=O)CN1CCCC(CNCCC)C1. The molecule has 1 saturated heterocycles. The summed E-state index contributed by atoms with van der Waals surface area (Å²) < 4.78 is 0. The third-order valence-corrected chi connectivity index (χ3v) is 3.68. The van der Waals surface area contributed by atoms with Crippen LogP contribution in [0, 0.1) is 5.92 Å². The molecule has 0 radical (unpaired) electrons. The van der Waals surface area contributed by atoms with Gasteiger partial charge in [-0.05, 0) is 51.2 Å². The fourth-order valence-corrected chi connectivity index (χ4v) is 2.61. The third-order valence-electron chi connectivity index (χ3n) is 3.68. The Morgan fingerprint density at radius 3 is 2.84 bits per heavy atom. The van der Waals surface area contributed by atoms with Crippen molar-refractivity contribution >= 4 is 5.91 Å². The Bertz CT molecular complexity index is 246. The smallest absolute Gasteiger partial charge is 0.234 e. The van der Waals surface area contributed by atoms with Crippen LogP contribution in [-0.2, 0) is 4.79 Å². The number of likely N-dealkylation sites (tertiary alicyclic amines) is 1. The molecule has 0 aromatic heterocycles. The van der Waals surface area contributed by atoms with Gasteiger partial charge in [0, 0.05) is 13.1 Å². The number of hydrogen-bond donors (Lipinski definition) is 2. The van der Waals surface area contributed by atoms with Crippen LogP contribution >= 0.6 is 0 Å². The molecular formula is C15H31N3O. The van der Waals surface area contributed by atoms with Gasteiger partial charge in [-0.15, -0.1) is 0 Å². The lowest BCUT2D eigenvalue weighted by Gasteiger charge is -2.32. The van der Waals surface area contributed by atoms with Crippen molar-refractivity contribution in [2.45, 2.75) is 46.0 Å². The highest BCUT2D eigenvalue weighted by Gasteiger charge is 2.20. The molecule has 112 valence electrons. The Labute approximate surface area is 118 Å². The van der Waals surface area contributed by atoms with E-state index in [9.17, 15) is 4.79 Å². The first-order valence-corrected chi connectivity index (χ1v) is 7.96. The normalized spacial score (nSPS) is 20.4. The van der Waals surface area contributed by atoms with E-state index < -0.39 is 0 Å². The lowest BCUT2D eigenvalue weighted by atomic mass is 9.98. The van der Waals surface area contributed by atoms with Crippen LogP contribution in [0.4, 0.5) is 0 Å². The van der Waals surface area contributed by atoms with Crippen LogP contribution < -0.4 is 10.6 Å². The predicted molar refractivity (Wildman–Crippen MR) is 80.2 cm³/mol. The van der Waals surface area contributed by atoms with Crippen molar-refractivity contribution < 1.29 is 4.79 Å². The maximum atomic E-state index is 11.8. The van der Waals surface area contributed by atoms with Crippen molar-refractivity contribution in [3.8, 4) is 0 Å². The van der Waals surface area contributed by atoms with Gasteiger partial charge in [0.05, 0.1) is 6.54 Å². The average Bonchev–Trinajstić information content (AvgIpc) is 2.40. The minimum atomic E-state index is 0.190. The Kier molecular flexibility index (Phi) is 8.84. The summed E-state index contributed by atoms with van der Waals surface area (Å²) in [6.45, 7) is 10.1. The summed E-state index contributed by atoms with van der Waals surface area (Å²) in [5.74, 6) is 0.902. The van der Waals surface area contributed by atoms with E-state index in [1.807, 2.05) is 0 Å². The molecular weight excluding hydrogens is 238 g/mol. The summed E-state index contributed by atoms with van der Waals surface area (Å²) in [7, 11) is 0. The maximum Gasteiger partial charge on any atom is 0.234 e. The number of rotatable bonds is 9. The fraction of sp³-hybridized carbons (Fsp3) is 0.933. The second-order valence-corrected chi connectivity index (χ2v) is 5.65. The molecule has 0 spiro atoms. The van der Waals surface area contributed by atoms with E-state index in [4.69, 9.17) is 0 Å². The number of hydrogen-bond acceptors (Lipinski definition) is 3. The van der Waals surface area contributed by atoms with Crippen molar-refractivity contribution in [3.05, 3.63) is 0 Å². The van der Waals surface area contributed by atoms with E-state index in [2.05, 4.69) is 29.4 Å². The first kappa shape index (κ1) is 16.4. The summed E-state index contributed by atoms with van der Waals surface area (Å²) in [4.78, 5) is 14.1. The van der Waals surface area contributed by atoms with Gasteiger partial charge in [-0.1, -0.05) is 20.3 Å². The van der Waals surface area contributed by atoms with E-state index in [0.717, 1.165) is 45.6 Å². The Morgan fingerprint density at radius 1 is 1.26 bits per heavy atom.